The van der Waals surface area contributed by atoms with Crippen LogP contribution in [0.25, 0.3) is 0 Å². The van der Waals surface area contributed by atoms with Crippen molar-refractivity contribution in [3.63, 3.8) is 0 Å². The average molecular weight is 457 g/mol. The Kier molecular flexibility index (Phi) is 5.31. The number of fused-ring (bicyclic) bond motifs is 3. The first-order valence-corrected chi connectivity index (χ1v) is 10.7. The minimum Gasteiger partial charge on any atom is -0.507 e. The van der Waals surface area contributed by atoms with E-state index in [1.54, 1.807) is 33.2 Å². The smallest absolute Gasteiger partial charge is 0.235 e. The van der Waals surface area contributed by atoms with Crippen molar-refractivity contribution in [3.8, 4) is 5.75 Å². The fourth-order valence-corrected chi connectivity index (χ4v) is 6.40. The first kappa shape index (κ1) is 23.2. The quantitative estimate of drug-likeness (QED) is 0.400. The molecule has 0 radical (unpaired) electrons. The Morgan fingerprint density at radius 1 is 1.15 bits per heavy atom. The number of nitrogens with one attached hydrogen (secondary N) is 1. The molecule has 8 atom stereocenters. The van der Waals surface area contributed by atoms with E-state index in [4.69, 9.17) is 5.73 Å². The summed E-state index contributed by atoms with van der Waals surface area (Å²) in [6, 6.07) is 3.37. The summed E-state index contributed by atoms with van der Waals surface area (Å²) < 4.78 is 0. The number of hydrogen-bond donors (Lipinski definition) is 4. The molecule has 0 spiro atoms. The molecule has 5 N–H and O–H groups in total. The molecule has 33 heavy (non-hydrogen) atoms. The molecule has 1 aromatic carbocycles. The number of primary amides is 1. The van der Waals surface area contributed by atoms with Gasteiger partial charge >= 0.3 is 0 Å². The standard InChI is InChI=1S/C23H27N3O7/c1-8-9-6-5-7-10(27)12(9)17(28)13-11(8)18(29)15-16(26(3)4)19(30)14(22(24)33)21(32)23(15,25-2)20(13)31/h5-8,11,13-16,18,25,27,29H,1-4H3,(H2,24,33)/t8-,11+,13?,14?,15+,16-,18-,23-/m0/s1. The fraction of sp³-hybridized carbons (Fsp3) is 0.522. The SMILES string of the molecule is CN[C@@]12C(=O)C(C(N)=O)C(=O)[C@@H](N(C)C)[C@@H]1[C@@H](O)[C@H]1C(C(=O)c3c(O)cccc3[C@@H]1C)C2=O. The van der Waals surface area contributed by atoms with Gasteiger partial charge in [-0.25, -0.2) is 0 Å². The fourth-order valence-electron chi connectivity index (χ4n) is 6.40. The zero-order valence-electron chi connectivity index (χ0n) is 18.7. The predicted molar refractivity (Wildman–Crippen MR) is 114 cm³/mol. The van der Waals surface area contributed by atoms with E-state index in [1.807, 2.05) is 0 Å². The number of amides is 1. The molecule has 0 aliphatic heterocycles. The van der Waals surface area contributed by atoms with E-state index in [2.05, 4.69) is 5.32 Å². The van der Waals surface area contributed by atoms with Gasteiger partial charge in [-0.05, 0) is 38.7 Å². The first-order valence-electron chi connectivity index (χ1n) is 10.7. The molecule has 3 aliphatic carbocycles. The highest BCUT2D eigenvalue weighted by atomic mass is 16.3. The summed E-state index contributed by atoms with van der Waals surface area (Å²) in [5, 5.41) is 24.7. The topological polar surface area (TPSA) is 167 Å². The number of carbonyl (C=O) groups is 5. The maximum Gasteiger partial charge on any atom is 0.235 e. The van der Waals surface area contributed by atoms with Gasteiger partial charge in [-0.2, -0.15) is 0 Å². The average Bonchev–Trinajstić information content (AvgIpc) is 2.73. The molecule has 1 aromatic rings. The first-order chi connectivity index (χ1) is 15.4. The molecule has 4 rings (SSSR count). The van der Waals surface area contributed by atoms with Gasteiger partial charge in [-0.1, -0.05) is 19.1 Å². The Morgan fingerprint density at radius 2 is 1.79 bits per heavy atom. The third-order valence-corrected chi connectivity index (χ3v) is 7.79. The van der Waals surface area contributed by atoms with E-state index in [-0.39, 0.29) is 11.3 Å². The number of aliphatic hydroxyl groups excluding tert-OH is 1. The molecule has 10 heteroatoms. The number of nitrogens with two attached hydrogens (primary N) is 1. The summed E-state index contributed by atoms with van der Waals surface area (Å²) in [6.07, 6.45) is -1.43. The molecule has 3 aliphatic rings. The Bertz CT molecular complexity index is 1100. The van der Waals surface area contributed by atoms with Crippen LogP contribution in [0.5, 0.6) is 5.75 Å². The van der Waals surface area contributed by atoms with Crippen LogP contribution in [0, 0.1) is 23.7 Å². The number of aliphatic hydroxyl groups is 1. The summed E-state index contributed by atoms with van der Waals surface area (Å²) in [5.74, 6) is -10.9. The molecule has 0 saturated heterocycles. The Morgan fingerprint density at radius 3 is 2.33 bits per heavy atom. The third-order valence-electron chi connectivity index (χ3n) is 7.79. The number of nitrogens with zero attached hydrogens (tertiary/aromatic N) is 1. The number of Topliss-reactive ketones (excluding diaryl/α,β-unsaturated/α-hetero) is 4. The lowest BCUT2D eigenvalue weighted by atomic mass is 9.48. The van der Waals surface area contributed by atoms with Crippen molar-refractivity contribution < 1.29 is 34.2 Å². The van der Waals surface area contributed by atoms with Crippen LogP contribution in [0.4, 0.5) is 0 Å². The highest BCUT2D eigenvalue weighted by molar-refractivity contribution is 6.33. The lowest BCUT2D eigenvalue weighted by Crippen LogP contribution is -2.81. The van der Waals surface area contributed by atoms with Gasteiger partial charge in [0.05, 0.1) is 23.6 Å². The van der Waals surface area contributed by atoms with Crippen molar-refractivity contribution in [2.75, 3.05) is 21.1 Å². The molecule has 2 fully saturated rings. The van der Waals surface area contributed by atoms with Gasteiger partial charge in [-0.3, -0.25) is 28.9 Å². The molecule has 2 saturated carbocycles. The molecule has 0 bridgehead atoms. The summed E-state index contributed by atoms with van der Waals surface area (Å²) in [7, 11) is 4.41. The largest absolute Gasteiger partial charge is 0.507 e. The Balaban J connectivity index is 2.00. The van der Waals surface area contributed by atoms with Crippen LogP contribution >= 0.6 is 0 Å². The highest BCUT2D eigenvalue weighted by Gasteiger charge is 2.72. The van der Waals surface area contributed by atoms with Gasteiger partial charge in [0.15, 0.2) is 29.1 Å². The van der Waals surface area contributed by atoms with Crippen LogP contribution in [-0.4, -0.2) is 83.0 Å². The van der Waals surface area contributed by atoms with E-state index in [1.165, 1.54) is 18.0 Å². The van der Waals surface area contributed by atoms with Crippen LogP contribution in [0.1, 0.15) is 28.8 Å². The van der Waals surface area contributed by atoms with Crippen molar-refractivity contribution in [1.29, 1.82) is 0 Å². The number of phenolic OH excluding ortho intramolecular Hbond substituents is 1. The van der Waals surface area contributed by atoms with Crippen LogP contribution in [0.15, 0.2) is 18.2 Å². The number of ketones is 4. The lowest BCUT2D eigenvalue weighted by Gasteiger charge is -2.57. The van der Waals surface area contributed by atoms with E-state index >= 15 is 0 Å². The minimum absolute atomic E-state index is 0.0218. The summed E-state index contributed by atoms with van der Waals surface area (Å²) in [6.45, 7) is 1.73. The third kappa shape index (κ3) is 2.74. The molecular formula is C23H27N3O7. The Labute approximate surface area is 190 Å². The van der Waals surface area contributed by atoms with Crippen LogP contribution < -0.4 is 11.1 Å². The number of likely N-dealkylation sites (N-methyl/N-ethyl adjacent to an activating group) is 2. The molecule has 2 unspecified atom stereocenters. The maximum absolute atomic E-state index is 14.0. The van der Waals surface area contributed by atoms with Gasteiger partial charge in [0.25, 0.3) is 0 Å². The van der Waals surface area contributed by atoms with Gasteiger partial charge < -0.3 is 21.3 Å². The zero-order chi connectivity index (χ0) is 24.6. The molecule has 0 aromatic heterocycles. The predicted octanol–water partition coefficient (Wildman–Crippen LogP) is -1.37. The molecule has 1 amide bonds. The van der Waals surface area contributed by atoms with Crippen molar-refractivity contribution in [3.05, 3.63) is 29.3 Å². The summed E-state index contributed by atoms with van der Waals surface area (Å²) in [5.41, 5.74) is 3.67. The molecule has 10 nitrogen and oxygen atoms in total. The van der Waals surface area contributed by atoms with Crippen molar-refractivity contribution in [2.45, 2.75) is 30.5 Å². The number of rotatable bonds is 3. The molecular weight excluding hydrogens is 430 g/mol. The van der Waals surface area contributed by atoms with Gasteiger partial charge in [-0.15, -0.1) is 0 Å². The van der Waals surface area contributed by atoms with Gasteiger partial charge in [0.1, 0.15) is 11.3 Å². The van der Waals surface area contributed by atoms with E-state index in [0.717, 1.165) is 0 Å². The second-order valence-electron chi connectivity index (χ2n) is 9.40. The van der Waals surface area contributed by atoms with Crippen LogP contribution in [-0.2, 0) is 19.2 Å². The van der Waals surface area contributed by atoms with Crippen LogP contribution in [0.2, 0.25) is 0 Å². The second kappa shape index (κ2) is 7.54. The second-order valence-corrected chi connectivity index (χ2v) is 9.40. The van der Waals surface area contributed by atoms with E-state index in [9.17, 15) is 34.2 Å². The van der Waals surface area contributed by atoms with Gasteiger partial charge in [0.2, 0.25) is 5.91 Å². The number of hydrogen-bond acceptors (Lipinski definition) is 9. The molecule has 176 valence electrons. The number of phenols is 1. The van der Waals surface area contributed by atoms with Crippen molar-refractivity contribution in [1.82, 2.24) is 10.2 Å². The Hall–Kier alpha value is -2.95. The highest BCUT2D eigenvalue weighted by Crippen LogP contribution is 2.54. The van der Waals surface area contributed by atoms with Crippen molar-refractivity contribution in [2.24, 2.45) is 29.4 Å². The number of aromatic hydroxyl groups is 1. The minimum atomic E-state index is -2.18. The monoisotopic (exact) mass is 457 g/mol. The summed E-state index contributed by atoms with van der Waals surface area (Å²) >= 11 is 0. The van der Waals surface area contributed by atoms with E-state index < -0.39 is 76.3 Å². The molecule has 0 heterocycles. The normalized spacial score (nSPS) is 38.1. The van der Waals surface area contributed by atoms with Gasteiger partial charge in [0, 0.05) is 11.8 Å². The number of carbonyl (C=O) groups excluding carboxylic acids is 5. The maximum atomic E-state index is 14.0. The summed E-state index contributed by atoms with van der Waals surface area (Å²) in [4.78, 5) is 67.9. The lowest BCUT2D eigenvalue weighted by molar-refractivity contribution is -0.173. The van der Waals surface area contributed by atoms with Crippen molar-refractivity contribution >= 4 is 29.0 Å². The van der Waals surface area contributed by atoms with Crippen LogP contribution in [0.3, 0.4) is 0 Å². The van der Waals surface area contributed by atoms with E-state index in [0.29, 0.717) is 5.56 Å². The zero-order valence-corrected chi connectivity index (χ0v) is 18.7. The number of benzene rings is 1.